The lowest BCUT2D eigenvalue weighted by atomic mass is 9.94. The minimum absolute atomic E-state index is 0.929. The highest BCUT2D eigenvalue weighted by Gasteiger charge is 2.25. The number of nitrogens with zero attached hydrogens (tertiary/aromatic N) is 1. The smallest absolute Gasteiger partial charge is 0.0369 e. The molecule has 2 nitrogen and oxygen atoms in total. The van der Waals surface area contributed by atoms with Crippen LogP contribution in [-0.4, -0.2) is 20.1 Å². The lowest BCUT2D eigenvalue weighted by molar-refractivity contribution is 0.380. The van der Waals surface area contributed by atoms with Crippen LogP contribution in [0.5, 0.6) is 0 Å². The van der Waals surface area contributed by atoms with Gasteiger partial charge in [-0.1, -0.05) is 25.5 Å². The zero-order chi connectivity index (χ0) is 11.4. The molecule has 0 saturated carbocycles. The fourth-order valence-corrected chi connectivity index (χ4v) is 2.44. The van der Waals surface area contributed by atoms with E-state index in [0.29, 0.717) is 0 Å². The highest BCUT2D eigenvalue weighted by atomic mass is 15.2. The molecule has 1 aromatic rings. The first kappa shape index (κ1) is 11.5. The summed E-state index contributed by atoms with van der Waals surface area (Å²) in [5.74, 6) is 0.929. The molecule has 0 aliphatic carbocycles. The van der Waals surface area contributed by atoms with E-state index < -0.39 is 0 Å². The fourth-order valence-electron chi connectivity index (χ4n) is 2.44. The van der Waals surface area contributed by atoms with Gasteiger partial charge in [0.25, 0.3) is 0 Å². The molecule has 0 amide bonds. The van der Waals surface area contributed by atoms with Gasteiger partial charge in [-0.05, 0) is 37.1 Å². The molecule has 0 radical (unpaired) electrons. The highest BCUT2D eigenvalue weighted by Crippen LogP contribution is 2.27. The van der Waals surface area contributed by atoms with Gasteiger partial charge in [0.15, 0.2) is 0 Å². The molecule has 1 saturated heterocycles. The van der Waals surface area contributed by atoms with Crippen LogP contribution in [0.1, 0.15) is 25.3 Å². The number of nitrogens with one attached hydrogen (secondary N) is 1. The Hall–Kier alpha value is -1.02. The van der Waals surface area contributed by atoms with E-state index in [-0.39, 0.29) is 0 Å². The van der Waals surface area contributed by atoms with Gasteiger partial charge in [-0.3, -0.25) is 0 Å². The SMILES string of the molecule is CCCC1CN(c2cccc(CNC)c2)C1. The van der Waals surface area contributed by atoms with Crippen molar-refractivity contribution in [1.82, 2.24) is 5.32 Å². The Morgan fingerprint density at radius 3 is 2.88 bits per heavy atom. The summed E-state index contributed by atoms with van der Waals surface area (Å²) < 4.78 is 0. The van der Waals surface area contributed by atoms with Crippen LogP contribution in [0, 0.1) is 5.92 Å². The minimum atomic E-state index is 0.929. The van der Waals surface area contributed by atoms with Crippen molar-refractivity contribution in [3.05, 3.63) is 29.8 Å². The van der Waals surface area contributed by atoms with E-state index >= 15 is 0 Å². The summed E-state index contributed by atoms with van der Waals surface area (Å²) in [6.07, 6.45) is 2.70. The lowest BCUT2D eigenvalue weighted by Gasteiger charge is -2.41. The molecule has 1 aliphatic heterocycles. The van der Waals surface area contributed by atoms with Gasteiger partial charge in [-0.15, -0.1) is 0 Å². The number of hydrogen-bond donors (Lipinski definition) is 1. The van der Waals surface area contributed by atoms with Crippen molar-refractivity contribution >= 4 is 5.69 Å². The van der Waals surface area contributed by atoms with Crippen LogP contribution in [0.4, 0.5) is 5.69 Å². The average molecular weight is 218 g/mol. The van der Waals surface area contributed by atoms with Crippen molar-refractivity contribution in [3.8, 4) is 0 Å². The summed E-state index contributed by atoms with van der Waals surface area (Å²) >= 11 is 0. The summed E-state index contributed by atoms with van der Waals surface area (Å²) in [5, 5.41) is 3.20. The summed E-state index contributed by atoms with van der Waals surface area (Å²) in [6, 6.07) is 8.87. The van der Waals surface area contributed by atoms with Gasteiger partial charge in [-0.2, -0.15) is 0 Å². The van der Waals surface area contributed by atoms with E-state index in [2.05, 4.69) is 41.4 Å². The van der Waals surface area contributed by atoms with E-state index in [0.717, 1.165) is 12.5 Å². The number of benzene rings is 1. The summed E-state index contributed by atoms with van der Waals surface area (Å²) in [4.78, 5) is 2.49. The van der Waals surface area contributed by atoms with Crippen molar-refractivity contribution in [2.75, 3.05) is 25.0 Å². The predicted octanol–water partition coefficient (Wildman–Crippen LogP) is 2.64. The zero-order valence-corrected chi connectivity index (χ0v) is 10.4. The Balaban J connectivity index is 1.92. The van der Waals surface area contributed by atoms with Gasteiger partial charge in [0.05, 0.1) is 0 Å². The van der Waals surface area contributed by atoms with Crippen molar-refractivity contribution in [1.29, 1.82) is 0 Å². The second-order valence-electron chi connectivity index (χ2n) is 4.76. The van der Waals surface area contributed by atoms with Gasteiger partial charge in [0.1, 0.15) is 0 Å². The van der Waals surface area contributed by atoms with Gasteiger partial charge in [-0.25, -0.2) is 0 Å². The quantitative estimate of drug-likeness (QED) is 0.817. The zero-order valence-electron chi connectivity index (χ0n) is 10.4. The number of anilines is 1. The molecule has 1 fully saturated rings. The van der Waals surface area contributed by atoms with Gasteiger partial charge >= 0.3 is 0 Å². The molecule has 0 aromatic heterocycles. The minimum Gasteiger partial charge on any atom is -0.371 e. The predicted molar refractivity (Wildman–Crippen MR) is 69.8 cm³/mol. The van der Waals surface area contributed by atoms with Crippen molar-refractivity contribution in [2.45, 2.75) is 26.3 Å². The van der Waals surface area contributed by atoms with E-state index in [4.69, 9.17) is 0 Å². The van der Waals surface area contributed by atoms with E-state index in [1.807, 2.05) is 7.05 Å². The van der Waals surface area contributed by atoms with Crippen LogP contribution in [0.25, 0.3) is 0 Å². The van der Waals surface area contributed by atoms with Crippen LogP contribution < -0.4 is 10.2 Å². The topological polar surface area (TPSA) is 15.3 Å². The van der Waals surface area contributed by atoms with E-state index in [1.165, 1.54) is 37.2 Å². The third-order valence-electron chi connectivity index (χ3n) is 3.31. The molecular formula is C14H22N2. The van der Waals surface area contributed by atoms with E-state index in [9.17, 15) is 0 Å². The Labute approximate surface area is 98.7 Å². The second kappa shape index (κ2) is 5.35. The molecule has 1 aliphatic rings. The normalized spacial score (nSPS) is 16.2. The first-order chi connectivity index (χ1) is 7.83. The highest BCUT2D eigenvalue weighted by molar-refractivity contribution is 5.50. The van der Waals surface area contributed by atoms with Crippen LogP contribution in [-0.2, 0) is 6.54 Å². The number of hydrogen-bond acceptors (Lipinski definition) is 2. The molecule has 88 valence electrons. The molecule has 0 bridgehead atoms. The van der Waals surface area contributed by atoms with Gasteiger partial charge in [0, 0.05) is 25.3 Å². The Bertz CT molecular complexity index is 329. The van der Waals surface area contributed by atoms with Gasteiger partial charge in [0.2, 0.25) is 0 Å². The molecule has 16 heavy (non-hydrogen) atoms. The first-order valence-corrected chi connectivity index (χ1v) is 6.32. The standard InChI is InChI=1S/C14H22N2/c1-3-5-13-10-16(11-13)14-7-4-6-12(8-14)9-15-2/h4,6-8,13,15H,3,5,9-11H2,1-2H3. The third-order valence-corrected chi connectivity index (χ3v) is 3.31. The average Bonchev–Trinajstić information content (AvgIpc) is 2.24. The van der Waals surface area contributed by atoms with Crippen LogP contribution in [0.2, 0.25) is 0 Å². The molecule has 2 heteroatoms. The first-order valence-electron chi connectivity index (χ1n) is 6.32. The lowest BCUT2D eigenvalue weighted by Crippen LogP contribution is -2.46. The molecule has 1 N–H and O–H groups in total. The maximum atomic E-state index is 3.20. The molecule has 1 heterocycles. The maximum Gasteiger partial charge on any atom is 0.0369 e. The Morgan fingerprint density at radius 2 is 2.19 bits per heavy atom. The maximum absolute atomic E-state index is 3.20. The number of rotatable bonds is 5. The molecule has 2 rings (SSSR count). The monoisotopic (exact) mass is 218 g/mol. The summed E-state index contributed by atoms with van der Waals surface area (Å²) in [6.45, 7) is 5.73. The fraction of sp³-hybridized carbons (Fsp3) is 0.571. The Kier molecular flexibility index (Phi) is 3.83. The largest absolute Gasteiger partial charge is 0.371 e. The van der Waals surface area contributed by atoms with Crippen LogP contribution >= 0.6 is 0 Å². The van der Waals surface area contributed by atoms with Crippen molar-refractivity contribution < 1.29 is 0 Å². The van der Waals surface area contributed by atoms with Gasteiger partial charge < -0.3 is 10.2 Å². The molecule has 0 atom stereocenters. The second-order valence-corrected chi connectivity index (χ2v) is 4.76. The summed E-state index contributed by atoms with van der Waals surface area (Å²) in [5.41, 5.74) is 2.76. The summed E-state index contributed by atoms with van der Waals surface area (Å²) in [7, 11) is 1.99. The molecule has 0 spiro atoms. The van der Waals surface area contributed by atoms with Crippen LogP contribution in [0.15, 0.2) is 24.3 Å². The van der Waals surface area contributed by atoms with E-state index in [1.54, 1.807) is 0 Å². The van der Waals surface area contributed by atoms with Crippen LogP contribution in [0.3, 0.4) is 0 Å². The Morgan fingerprint density at radius 1 is 1.38 bits per heavy atom. The third kappa shape index (κ3) is 2.56. The van der Waals surface area contributed by atoms with Crippen molar-refractivity contribution in [2.24, 2.45) is 5.92 Å². The van der Waals surface area contributed by atoms with Crippen molar-refractivity contribution in [3.63, 3.8) is 0 Å². The molecule has 0 unspecified atom stereocenters. The molecular weight excluding hydrogens is 196 g/mol. The molecule has 1 aromatic carbocycles.